The molecule has 1 nitrogen and oxygen atoms in total. The van der Waals surface area contributed by atoms with Crippen LogP contribution in [0.5, 0.6) is 0 Å². The summed E-state index contributed by atoms with van der Waals surface area (Å²) in [5.74, 6) is 0. The quantitative estimate of drug-likeness (QED) is 0.500. The topological polar surface area (TPSA) is 26.0 Å². The van der Waals surface area contributed by atoms with Crippen molar-refractivity contribution >= 4 is 31.9 Å². The van der Waals surface area contributed by atoms with Gasteiger partial charge in [0.25, 0.3) is 0 Å². The van der Waals surface area contributed by atoms with Crippen molar-refractivity contribution in [3.8, 4) is 0 Å². The average Bonchev–Trinajstić information content (AvgIpc) is 1.38. The van der Waals surface area contributed by atoms with Crippen molar-refractivity contribution in [1.82, 2.24) is 0 Å². The van der Waals surface area contributed by atoms with Crippen LogP contribution >= 0.6 is 31.9 Å². The van der Waals surface area contributed by atoms with E-state index >= 15 is 0 Å². The van der Waals surface area contributed by atoms with Crippen molar-refractivity contribution in [2.45, 2.75) is 4.95 Å². The average molecular weight is 203 g/mol. The molecule has 0 aliphatic heterocycles. The van der Waals surface area contributed by atoms with Crippen LogP contribution in [-0.4, -0.2) is 10.3 Å². The van der Waals surface area contributed by atoms with E-state index in [-0.39, 0.29) is 4.95 Å². The van der Waals surface area contributed by atoms with Crippen LogP contribution in [0, 0.1) is 0 Å². The SMILES string of the molecule is N[C@@H](Br)CBr. The van der Waals surface area contributed by atoms with Gasteiger partial charge in [-0.2, -0.15) is 0 Å². The van der Waals surface area contributed by atoms with Crippen LogP contribution in [-0.2, 0) is 0 Å². The van der Waals surface area contributed by atoms with Crippen LogP contribution in [0.25, 0.3) is 0 Å². The van der Waals surface area contributed by atoms with Gasteiger partial charge in [0.1, 0.15) is 0 Å². The van der Waals surface area contributed by atoms with E-state index in [0.29, 0.717) is 0 Å². The van der Waals surface area contributed by atoms with Gasteiger partial charge in [0.15, 0.2) is 0 Å². The van der Waals surface area contributed by atoms with E-state index in [4.69, 9.17) is 5.73 Å². The molecule has 0 aromatic carbocycles. The maximum absolute atomic E-state index is 5.16. The van der Waals surface area contributed by atoms with Gasteiger partial charge >= 0.3 is 0 Å². The van der Waals surface area contributed by atoms with Crippen LogP contribution in [0.2, 0.25) is 0 Å². The zero-order valence-corrected chi connectivity index (χ0v) is 5.79. The molecule has 0 rings (SSSR count). The van der Waals surface area contributed by atoms with Crippen molar-refractivity contribution in [2.75, 3.05) is 5.33 Å². The van der Waals surface area contributed by atoms with Gasteiger partial charge in [-0.25, -0.2) is 0 Å². The fourth-order valence-electron chi connectivity index (χ4n) is 0. The summed E-state index contributed by atoms with van der Waals surface area (Å²) in [5, 5.41) is 0.812. The molecule has 0 aliphatic rings. The molecular formula is C2H5Br2N. The molecule has 5 heavy (non-hydrogen) atoms. The molecule has 0 bridgehead atoms. The van der Waals surface area contributed by atoms with Gasteiger partial charge in [-0.3, -0.25) is 0 Å². The fraction of sp³-hybridized carbons (Fsp3) is 1.00. The van der Waals surface area contributed by atoms with E-state index in [0.717, 1.165) is 5.33 Å². The molecule has 0 aliphatic carbocycles. The smallest absolute Gasteiger partial charge is 0.0703 e. The molecule has 0 amide bonds. The monoisotopic (exact) mass is 201 g/mol. The van der Waals surface area contributed by atoms with Crippen LogP contribution in [0.4, 0.5) is 0 Å². The minimum absolute atomic E-state index is 0.113. The second-order valence-corrected chi connectivity index (χ2v) is 2.49. The molecule has 3 heteroatoms. The molecule has 0 spiro atoms. The van der Waals surface area contributed by atoms with Crippen molar-refractivity contribution in [1.29, 1.82) is 0 Å². The first-order valence-corrected chi connectivity index (χ1v) is 3.26. The Labute approximate surface area is 48.2 Å². The maximum Gasteiger partial charge on any atom is 0.0703 e. The second kappa shape index (κ2) is 3.12. The Balaban J connectivity index is 2.54. The van der Waals surface area contributed by atoms with Crippen LogP contribution in [0.1, 0.15) is 0 Å². The number of hydrogen-bond acceptors (Lipinski definition) is 1. The largest absolute Gasteiger partial charge is 0.318 e. The highest BCUT2D eigenvalue weighted by molar-refractivity contribution is 9.12. The molecule has 2 N–H and O–H groups in total. The lowest BCUT2D eigenvalue weighted by atomic mass is 10.8. The zero-order valence-electron chi connectivity index (χ0n) is 2.62. The van der Waals surface area contributed by atoms with E-state index in [9.17, 15) is 0 Å². The summed E-state index contributed by atoms with van der Waals surface area (Å²) >= 11 is 6.25. The molecule has 0 fully saturated rings. The number of nitrogens with two attached hydrogens (primary N) is 1. The van der Waals surface area contributed by atoms with E-state index < -0.39 is 0 Å². The second-order valence-electron chi connectivity index (χ2n) is 0.670. The Bertz CT molecular complexity index is 21.6. The summed E-state index contributed by atoms with van der Waals surface area (Å²) in [6.45, 7) is 0. The summed E-state index contributed by atoms with van der Waals surface area (Å²) < 4.78 is 0. The molecule has 0 aromatic rings. The van der Waals surface area contributed by atoms with E-state index in [2.05, 4.69) is 31.9 Å². The number of alkyl halides is 2. The minimum atomic E-state index is 0.113. The molecule has 0 saturated heterocycles. The van der Waals surface area contributed by atoms with Gasteiger partial charge in [0.05, 0.1) is 4.95 Å². The van der Waals surface area contributed by atoms with Gasteiger partial charge in [0, 0.05) is 5.33 Å². The first kappa shape index (κ1) is 5.92. The zero-order chi connectivity index (χ0) is 4.28. The highest BCUT2D eigenvalue weighted by Crippen LogP contribution is 1.92. The number of hydrogen-bond donors (Lipinski definition) is 1. The first-order valence-electron chi connectivity index (χ1n) is 1.23. The third-order valence-electron chi connectivity index (χ3n) is 0.147. The van der Waals surface area contributed by atoms with Crippen molar-refractivity contribution in [3.63, 3.8) is 0 Å². The lowest BCUT2D eigenvalue weighted by molar-refractivity contribution is 1.09. The Morgan fingerprint density at radius 3 is 2.00 bits per heavy atom. The Kier molecular flexibility index (Phi) is 3.70. The Morgan fingerprint density at radius 1 is 1.80 bits per heavy atom. The first-order chi connectivity index (χ1) is 2.27. The molecule has 0 radical (unpaired) electrons. The lowest BCUT2D eigenvalue weighted by Gasteiger charge is -1.87. The van der Waals surface area contributed by atoms with Crippen LogP contribution in [0.15, 0.2) is 0 Å². The summed E-state index contributed by atoms with van der Waals surface area (Å²) in [4.78, 5) is 0.113. The predicted molar refractivity (Wildman–Crippen MR) is 30.7 cm³/mol. The van der Waals surface area contributed by atoms with Crippen molar-refractivity contribution in [2.24, 2.45) is 5.73 Å². The van der Waals surface area contributed by atoms with Crippen molar-refractivity contribution in [3.05, 3.63) is 0 Å². The number of halogens is 2. The molecule has 1 atom stereocenters. The highest BCUT2D eigenvalue weighted by Gasteiger charge is 1.84. The van der Waals surface area contributed by atoms with Crippen LogP contribution < -0.4 is 5.73 Å². The number of rotatable bonds is 1. The van der Waals surface area contributed by atoms with Crippen molar-refractivity contribution < 1.29 is 0 Å². The van der Waals surface area contributed by atoms with Crippen LogP contribution in [0.3, 0.4) is 0 Å². The highest BCUT2D eigenvalue weighted by atomic mass is 79.9. The van der Waals surface area contributed by atoms with Gasteiger partial charge in [-0.15, -0.1) is 0 Å². The molecule has 0 aromatic heterocycles. The summed E-state index contributed by atoms with van der Waals surface area (Å²) in [5.41, 5.74) is 5.16. The molecular weight excluding hydrogens is 198 g/mol. The summed E-state index contributed by atoms with van der Waals surface area (Å²) in [7, 11) is 0. The van der Waals surface area contributed by atoms with Gasteiger partial charge in [-0.1, -0.05) is 31.9 Å². The van der Waals surface area contributed by atoms with Gasteiger partial charge < -0.3 is 5.73 Å². The Morgan fingerprint density at radius 2 is 2.00 bits per heavy atom. The molecule has 0 heterocycles. The predicted octanol–water partition coefficient (Wildman–Crippen LogP) is 1.06. The summed E-state index contributed by atoms with van der Waals surface area (Å²) in [6.07, 6.45) is 0. The molecule has 0 unspecified atom stereocenters. The third kappa shape index (κ3) is 4.92. The fourth-order valence-corrected chi connectivity index (χ4v) is 0. The lowest BCUT2D eigenvalue weighted by Crippen LogP contribution is -2.10. The molecule has 32 valence electrons. The minimum Gasteiger partial charge on any atom is -0.318 e. The third-order valence-corrected chi connectivity index (χ3v) is 2.04. The van der Waals surface area contributed by atoms with Gasteiger partial charge in [-0.05, 0) is 0 Å². The Hall–Kier alpha value is 0.920. The van der Waals surface area contributed by atoms with Gasteiger partial charge in [0.2, 0.25) is 0 Å². The summed E-state index contributed by atoms with van der Waals surface area (Å²) in [6, 6.07) is 0. The van der Waals surface area contributed by atoms with E-state index in [1.807, 2.05) is 0 Å². The standard InChI is InChI=1S/C2H5Br2N/c3-1-2(4)5/h2H,1,5H2/t2-/m1/s1. The maximum atomic E-state index is 5.16. The van der Waals surface area contributed by atoms with E-state index in [1.54, 1.807) is 0 Å². The normalized spacial score (nSPS) is 15.0. The van der Waals surface area contributed by atoms with E-state index in [1.165, 1.54) is 0 Å². The molecule has 0 saturated carbocycles.